The first-order valence-corrected chi connectivity index (χ1v) is 7.94. The second-order valence-electron chi connectivity index (χ2n) is 6.94. The van der Waals surface area contributed by atoms with Crippen LogP contribution in [-0.2, 0) is 17.5 Å². The van der Waals surface area contributed by atoms with E-state index in [-0.39, 0.29) is 42.1 Å². The van der Waals surface area contributed by atoms with Crippen LogP contribution in [0.1, 0.15) is 38.3 Å². The highest BCUT2D eigenvalue weighted by atomic mass is 35.5. The van der Waals surface area contributed by atoms with Gasteiger partial charge in [-0.1, -0.05) is 6.07 Å². The van der Waals surface area contributed by atoms with Crippen molar-refractivity contribution in [3.05, 3.63) is 29.3 Å². The number of amides is 1. The van der Waals surface area contributed by atoms with E-state index in [9.17, 15) is 18.0 Å². The number of halogens is 4. The van der Waals surface area contributed by atoms with E-state index in [4.69, 9.17) is 4.74 Å². The Hall–Kier alpha value is -1.47. The smallest absolute Gasteiger partial charge is 0.416 e. The molecule has 1 aromatic carbocycles. The first-order valence-electron chi connectivity index (χ1n) is 7.94. The summed E-state index contributed by atoms with van der Waals surface area (Å²) >= 11 is 0. The average Bonchev–Trinajstić information content (AvgIpc) is 2.97. The standard InChI is InChI=1S/C17H23F3N2O2.ClH/c1-16(2,3)24-13-5-4-11(14(8-13)17(18,19)20)10-22-15(23)12-6-7-21-9-12;/h4-5,8,12,21H,6-7,9-10H2,1-3H3,(H,22,23);1H. The molecule has 1 unspecified atom stereocenters. The molecule has 1 atom stereocenters. The summed E-state index contributed by atoms with van der Waals surface area (Å²) in [4.78, 5) is 12.0. The molecule has 1 heterocycles. The highest BCUT2D eigenvalue weighted by molar-refractivity contribution is 5.85. The summed E-state index contributed by atoms with van der Waals surface area (Å²) in [6, 6.07) is 3.85. The fraction of sp³-hybridized carbons (Fsp3) is 0.588. The van der Waals surface area contributed by atoms with Crippen molar-refractivity contribution in [3.63, 3.8) is 0 Å². The molecule has 0 radical (unpaired) electrons. The number of benzene rings is 1. The van der Waals surface area contributed by atoms with Crippen LogP contribution in [0.3, 0.4) is 0 Å². The summed E-state index contributed by atoms with van der Waals surface area (Å²) in [5.74, 6) is -0.240. The van der Waals surface area contributed by atoms with Crippen LogP contribution in [0.4, 0.5) is 13.2 Å². The van der Waals surface area contributed by atoms with Gasteiger partial charge in [0.2, 0.25) is 5.91 Å². The van der Waals surface area contributed by atoms with Crippen LogP contribution >= 0.6 is 12.4 Å². The Labute approximate surface area is 151 Å². The molecule has 0 aliphatic carbocycles. The SMILES string of the molecule is CC(C)(C)Oc1ccc(CNC(=O)C2CCNC2)c(C(F)(F)F)c1.Cl. The van der Waals surface area contributed by atoms with E-state index in [0.29, 0.717) is 13.0 Å². The summed E-state index contributed by atoms with van der Waals surface area (Å²) in [6.45, 7) is 6.47. The largest absolute Gasteiger partial charge is 0.488 e. The first-order chi connectivity index (χ1) is 11.1. The lowest BCUT2D eigenvalue weighted by molar-refractivity contribution is -0.138. The zero-order valence-electron chi connectivity index (χ0n) is 14.5. The van der Waals surface area contributed by atoms with E-state index < -0.39 is 17.3 Å². The Balaban J connectivity index is 0.00000312. The monoisotopic (exact) mass is 380 g/mol. The molecular formula is C17H24ClF3N2O2. The molecule has 1 aliphatic heterocycles. The van der Waals surface area contributed by atoms with Crippen molar-refractivity contribution in [2.75, 3.05) is 13.1 Å². The molecule has 2 N–H and O–H groups in total. The van der Waals surface area contributed by atoms with Gasteiger partial charge in [0.1, 0.15) is 11.4 Å². The van der Waals surface area contributed by atoms with E-state index in [1.165, 1.54) is 12.1 Å². The van der Waals surface area contributed by atoms with Gasteiger partial charge in [0.25, 0.3) is 0 Å². The fourth-order valence-electron chi connectivity index (χ4n) is 2.60. The number of carbonyl (C=O) groups excluding carboxylic acids is 1. The van der Waals surface area contributed by atoms with Crippen LogP contribution in [0.2, 0.25) is 0 Å². The molecule has 1 fully saturated rings. The fourth-order valence-corrected chi connectivity index (χ4v) is 2.60. The summed E-state index contributed by atoms with van der Waals surface area (Å²) in [5, 5.41) is 5.66. The van der Waals surface area contributed by atoms with Crippen LogP contribution in [0.25, 0.3) is 0 Å². The maximum Gasteiger partial charge on any atom is 0.416 e. The van der Waals surface area contributed by atoms with Crippen LogP contribution < -0.4 is 15.4 Å². The number of nitrogens with one attached hydrogen (secondary N) is 2. The van der Waals surface area contributed by atoms with E-state index in [0.717, 1.165) is 12.6 Å². The molecule has 2 rings (SSSR count). The molecule has 0 bridgehead atoms. The average molecular weight is 381 g/mol. The minimum atomic E-state index is -4.51. The molecule has 0 aromatic heterocycles. The van der Waals surface area contributed by atoms with Crippen molar-refractivity contribution in [2.45, 2.75) is 45.5 Å². The number of ether oxygens (including phenoxy) is 1. The highest BCUT2D eigenvalue weighted by Crippen LogP contribution is 2.35. The van der Waals surface area contributed by atoms with E-state index >= 15 is 0 Å². The van der Waals surface area contributed by atoms with Gasteiger partial charge in [-0.3, -0.25) is 4.79 Å². The van der Waals surface area contributed by atoms with Crippen LogP contribution in [0, 0.1) is 5.92 Å². The van der Waals surface area contributed by atoms with Gasteiger partial charge < -0.3 is 15.4 Å². The van der Waals surface area contributed by atoms with Gasteiger partial charge >= 0.3 is 6.18 Å². The predicted molar refractivity (Wildman–Crippen MR) is 91.9 cm³/mol. The molecular weight excluding hydrogens is 357 g/mol. The molecule has 8 heteroatoms. The number of hydrogen-bond acceptors (Lipinski definition) is 3. The molecule has 1 aromatic rings. The molecule has 1 amide bonds. The Morgan fingerprint density at radius 2 is 2.00 bits per heavy atom. The Morgan fingerprint density at radius 1 is 1.32 bits per heavy atom. The molecule has 4 nitrogen and oxygen atoms in total. The van der Waals surface area contributed by atoms with Gasteiger partial charge in [-0.15, -0.1) is 12.4 Å². The second kappa shape index (κ2) is 8.27. The van der Waals surface area contributed by atoms with Gasteiger partial charge in [0.15, 0.2) is 0 Å². The third-order valence-electron chi connectivity index (χ3n) is 3.69. The third kappa shape index (κ3) is 6.40. The Bertz CT molecular complexity index is 595. The number of carbonyl (C=O) groups is 1. The lowest BCUT2D eigenvalue weighted by atomic mass is 10.0. The number of rotatable bonds is 4. The zero-order valence-corrected chi connectivity index (χ0v) is 15.3. The summed E-state index contributed by atoms with van der Waals surface area (Å²) in [6.07, 6.45) is -3.80. The van der Waals surface area contributed by atoms with Crippen molar-refractivity contribution in [1.82, 2.24) is 10.6 Å². The predicted octanol–water partition coefficient (Wildman–Crippen LogP) is 3.53. The van der Waals surface area contributed by atoms with Gasteiger partial charge in [0, 0.05) is 13.1 Å². The van der Waals surface area contributed by atoms with Gasteiger partial charge in [-0.2, -0.15) is 13.2 Å². The van der Waals surface area contributed by atoms with Crippen LogP contribution in [0.5, 0.6) is 5.75 Å². The molecule has 1 aliphatic rings. The lowest BCUT2D eigenvalue weighted by Gasteiger charge is -2.23. The molecule has 1 saturated heterocycles. The van der Waals surface area contributed by atoms with E-state index in [1.54, 1.807) is 20.8 Å². The third-order valence-corrected chi connectivity index (χ3v) is 3.69. The van der Waals surface area contributed by atoms with E-state index in [2.05, 4.69) is 10.6 Å². The van der Waals surface area contributed by atoms with Crippen molar-refractivity contribution in [1.29, 1.82) is 0 Å². The van der Waals surface area contributed by atoms with Crippen molar-refractivity contribution >= 4 is 18.3 Å². The lowest BCUT2D eigenvalue weighted by Crippen LogP contribution is -2.32. The maximum absolute atomic E-state index is 13.3. The van der Waals surface area contributed by atoms with Gasteiger partial charge in [-0.05, 0) is 51.4 Å². The summed E-state index contributed by atoms with van der Waals surface area (Å²) < 4.78 is 45.4. The second-order valence-corrected chi connectivity index (χ2v) is 6.94. The van der Waals surface area contributed by atoms with Crippen molar-refractivity contribution in [3.8, 4) is 5.75 Å². The Morgan fingerprint density at radius 3 is 2.52 bits per heavy atom. The minimum absolute atomic E-state index is 0. The highest BCUT2D eigenvalue weighted by Gasteiger charge is 2.34. The van der Waals surface area contributed by atoms with E-state index in [1.807, 2.05) is 0 Å². The van der Waals surface area contributed by atoms with Crippen LogP contribution in [-0.4, -0.2) is 24.6 Å². The van der Waals surface area contributed by atoms with Crippen LogP contribution in [0.15, 0.2) is 18.2 Å². The quantitative estimate of drug-likeness (QED) is 0.840. The van der Waals surface area contributed by atoms with Crippen molar-refractivity contribution in [2.24, 2.45) is 5.92 Å². The minimum Gasteiger partial charge on any atom is -0.488 e. The molecule has 25 heavy (non-hydrogen) atoms. The molecule has 0 spiro atoms. The normalized spacial score (nSPS) is 17.8. The van der Waals surface area contributed by atoms with Crippen molar-refractivity contribution < 1.29 is 22.7 Å². The molecule has 142 valence electrons. The summed E-state index contributed by atoms with van der Waals surface area (Å²) in [5.41, 5.74) is -1.34. The molecule has 0 saturated carbocycles. The number of alkyl halides is 3. The first kappa shape index (κ1) is 21.6. The maximum atomic E-state index is 13.3. The summed E-state index contributed by atoms with van der Waals surface area (Å²) in [7, 11) is 0. The number of hydrogen-bond donors (Lipinski definition) is 2. The van der Waals surface area contributed by atoms with Gasteiger partial charge in [0.05, 0.1) is 11.5 Å². The topological polar surface area (TPSA) is 50.4 Å². The van der Waals surface area contributed by atoms with Gasteiger partial charge in [-0.25, -0.2) is 0 Å². The zero-order chi connectivity index (χ0) is 18.0. The Kier molecular flexibility index (Phi) is 7.14.